The molecule has 0 heteroatoms. The minimum Gasteiger partial charge on any atom is -0.0616 e. The Kier molecular flexibility index (Phi) is 2.59. The van der Waals surface area contributed by atoms with Gasteiger partial charge in [-0.05, 0) is 45.5 Å². The normalized spacial score (nSPS) is 11.6. The highest BCUT2D eigenvalue weighted by Crippen LogP contribution is 2.32. The van der Waals surface area contributed by atoms with Crippen LogP contribution in [-0.4, -0.2) is 0 Å². The van der Waals surface area contributed by atoms with Crippen LogP contribution in [0.4, 0.5) is 0 Å². The van der Waals surface area contributed by atoms with Crippen molar-refractivity contribution in [3.8, 4) is 0 Å². The summed E-state index contributed by atoms with van der Waals surface area (Å²) in [5.74, 6) is 0.565. The molecule has 3 rings (SSSR count). The molecule has 0 atom stereocenters. The molecule has 0 bridgehead atoms. The summed E-state index contributed by atoms with van der Waals surface area (Å²) in [6, 6.07) is 17.7. The fourth-order valence-electron chi connectivity index (χ4n) is 2.99. The van der Waals surface area contributed by atoms with Gasteiger partial charge in [-0.3, -0.25) is 0 Å². The van der Waals surface area contributed by atoms with E-state index in [-0.39, 0.29) is 0 Å². The van der Waals surface area contributed by atoms with Crippen LogP contribution in [0.3, 0.4) is 0 Å². The Morgan fingerprint density at radius 1 is 0.722 bits per heavy atom. The van der Waals surface area contributed by atoms with Crippen LogP contribution in [0.25, 0.3) is 21.5 Å². The van der Waals surface area contributed by atoms with E-state index < -0.39 is 0 Å². The molecule has 0 heterocycles. The standard InChI is InChI=1S/C18H18/c1-12(2)18-13(3)8-10-16-15-7-5-4-6-14(15)9-11-17(16)18/h4-12H,1-3H3. The second-order valence-electron chi connectivity index (χ2n) is 5.33. The summed E-state index contributed by atoms with van der Waals surface area (Å²) in [6.45, 7) is 6.76. The van der Waals surface area contributed by atoms with Crippen molar-refractivity contribution in [1.29, 1.82) is 0 Å². The Labute approximate surface area is 108 Å². The third kappa shape index (κ3) is 1.60. The molecule has 0 N–H and O–H groups in total. The van der Waals surface area contributed by atoms with Crippen LogP contribution in [0, 0.1) is 6.92 Å². The predicted molar refractivity (Wildman–Crippen MR) is 80.3 cm³/mol. The average Bonchev–Trinajstić information content (AvgIpc) is 2.37. The van der Waals surface area contributed by atoms with E-state index in [1.165, 1.54) is 32.7 Å². The first-order chi connectivity index (χ1) is 8.68. The van der Waals surface area contributed by atoms with Gasteiger partial charge in [-0.1, -0.05) is 62.4 Å². The molecule has 3 aromatic carbocycles. The number of aryl methyl sites for hydroxylation is 1. The van der Waals surface area contributed by atoms with Crippen LogP contribution in [-0.2, 0) is 0 Å². The van der Waals surface area contributed by atoms with E-state index in [0.29, 0.717) is 5.92 Å². The highest BCUT2D eigenvalue weighted by atomic mass is 14.1. The van der Waals surface area contributed by atoms with Gasteiger partial charge in [0.1, 0.15) is 0 Å². The molecule has 0 aliphatic heterocycles. The molecule has 0 aliphatic rings. The first-order valence-corrected chi connectivity index (χ1v) is 6.59. The molecule has 0 spiro atoms. The number of fused-ring (bicyclic) bond motifs is 3. The molecule has 0 aliphatic carbocycles. The fourth-order valence-corrected chi connectivity index (χ4v) is 2.99. The summed E-state index contributed by atoms with van der Waals surface area (Å²) in [4.78, 5) is 0. The first-order valence-electron chi connectivity index (χ1n) is 6.59. The lowest BCUT2D eigenvalue weighted by Crippen LogP contribution is -1.94. The van der Waals surface area contributed by atoms with E-state index in [2.05, 4.69) is 69.3 Å². The van der Waals surface area contributed by atoms with Gasteiger partial charge in [-0.25, -0.2) is 0 Å². The predicted octanol–water partition coefficient (Wildman–Crippen LogP) is 5.42. The minimum absolute atomic E-state index is 0.565. The zero-order chi connectivity index (χ0) is 12.7. The summed E-state index contributed by atoms with van der Waals surface area (Å²) in [7, 11) is 0. The summed E-state index contributed by atoms with van der Waals surface area (Å²) in [6.07, 6.45) is 0. The van der Waals surface area contributed by atoms with Crippen LogP contribution in [0.2, 0.25) is 0 Å². The first kappa shape index (κ1) is 11.3. The zero-order valence-corrected chi connectivity index (χ0v) is 11.2. The molecule has 0 saturated carbocycles. The lowest BCUT2D eigenvalue weighted by Gasteiger charge is -2.15. The zero-order valence-electron chi connectivity index (χ0n) is 11.2. The van der Waals surface area contributed by atoms with Gasteiger partial charge in [0.15, 0.2) is 0 Å². The monoisotopic (exact) mass is 234 g/mol. The van der Waals surface area contributed by atoms with Crippen molar-refractivity contribution >= 4 is 21.5 Å². The van der Waals surface area contributed by atoms with Crippen LogP contribution >= 0.6 is 0 Å². The van der Waals surface area contributed by atoms with Crippen molar-refractivity contribution in [3.05, 3.63) is 59.7 Å². The molecule has 18 heavy (non-hydrogen) atoms. The molecule has 0 nitrogen and oxygen atoms in total. The molecule has 0 unspecified atom stereocenters. The maximum absolute atomic E-state index is 2.28. The Balaban J connectivity index is 2.51. The number of hydrogen-bond donors (Lipinski definition) is 0. The molecular formula is C18H18. The fraction of sp³-hybridized carbons (Fsp3) is 0.222. The quantitative estimate of drug-likeness (QED) is 0.493. The van der Waals surface area contributed by atoms with Crippen LogP contribution in [0.5, 0.6) is 0 Å². The maximum Gasteiger partial charge on any atom is -0.0102 e. The van der Waals surface area contributed by atoms with Gasteiger partial charge >= 0.3 is 0 Å². The Bertz CT molecular complexity index is 721. The van der Waals surface area contributed by atoms with E-state index in [0.717, 1.165) is 0 Å². The molecule has 0 radical (unpaired) electrons. The van der Waals surface area contributed by atoms with Gasteiger partial charge in [0.2, 0.25) is 0 Å². The minimum atomic E-state index is 0.565. The SMILES string of the molecule is Cc1ccc2c(ccc3ccccc32)c1C(C)C. The molecule has 0 amide bonds. The third-order valence-electron chi connectivity index (χ3n) is 3.76. The molecular weight excluding hydrogens is 216 g/mol. The lowest BCUT2D eigenvalue weighted by molar-refractivity contribution is 0.867. The van der Waals surface area contributed by atoms with Gasteiger partial charge in [-0.15, -0.1) is 0 Å². The van der Waals surface area contributed by atoms with Crippen molar-refractivity contribution in [2.75, 3.05) is 0 Å². The number of benzene rings is 3. The van der Waals surface area contributed by atoms with Crippen molar-refractivity contribution in [3.63, 3.8) is 0 Å². The van der Waals surface area contributed by atoms with Gasteiger partial charge in [0.05, 0.1) is 0 Å². The van der Waals surface area contributed by atoms with Crippen molar-refractivity contribution in [2.45, 2.75) is 26.7 Å². The lowest BCUT2D eigenvalue weighted by atomic mass is 9.90. The van der Waals surface area contributed by atoms with Crippen molar-refractivity contribution < 1.29 is 0 Å². The molecule has 0 saturated heterocycles. The molecule has 3 aromatic rings. The number of rotatable bonds is 1. The maximum atomic E-state index is 2.28. The van der Waals surface area contributed by atoms with Gasteiger partial charge < -0.3 is 0 Å². The van der Waals surface area contributed by atoms with Crippen LogP contribution < -0.4 is 0 Å². The summed E-state index contributed by atoms with van der Waals surface area (Å²) in [5.41, 5.74) is 2.88. The highest BCUT2D eigenvalue weighted by molar-refractivity contribution is 6.08. The van der Waals surface area contributed by atoms with E-state index in [1.54, 1.807) is 0 Å². The number of hydrogen-bond acceptors (Lipinski definition) is 0. The second kappa shape index (κ2) is 4.13. The van der Waals surface area contributed by atoms with Crippen LogP contribution in [0.1, 0.15) is 30.9 Å². The van der Waals surface area contributed by atoms with Crippen molar-refractivity contribution in [2.24, 2.45) is 0 Å². The van der Waals surface area contributed by atoms with Gasteiger partial charge in [0.25, 0.3) is 0 Å². The topological polar surface area (TPSA) is 0 Å². The second-order valence-corrected chi connectivity index (χ2v) is 5.33. The summed E-state index contributed by atoms with van der Waals surface area (Å²) < 4.78 is 0. The van der Waals surface area contributed by atoms with E-state index in [4.69, 9.17) is 0 Å². The molecule has 0 fully saturated rings. The van der Waals surface area contributed by atoms with Gasteiger partial charge in [-0.2, -0.15) is 0 Å². The van der Waals surface area contributed by atoms with Crippen molar-refractivity contribution in [1.82, 2.24) is 0 Å². The molecule has 90 valence electrons. The molecule has 0 aromatic heterocycles. The Morgan fingerprint density at radius 3 is 2.22 bits per heavy atom. The smallest absolute Gasteiger partial charge is 0.0102 e. The van der Waals surface area contributed by atoms with Crippen LogP contribution in [0.15, 0.2) is 48.5 Å². The Hall–Kier alpha value is -1.82. The third-order valence-corrected chi connectivity index (χ3v) is 3.76. The highest BCUT2D eigenvalue weighted by Gasteiger charge is 2.10. The summed E-state index contributed by atoms with van der Waals surface area (Å²) in [5, 5.41) is 5.46. The average molecular weight is 234 g/mol. The van der Waals surface area contributed by atoms with Gasteiger partial charge in [0, 0.05) is 0 Å². The van der Waals surface area contributed by atoms with E-state index >= 15 is 0 Å². The largest absolute Gasteiger partial charge is 0.0616 e. The summed E-state index contributed by atoms with van der Waals surface area (Å²) >= 11 is 0. The van der Waals surface area contributed by atoms with E-state index in [1.807, 2.05) is 0 Å². The Morgan fingerprint density at radius 2 is 1.44 bits per heavy atom. The van der Waals surface area contributed by atoms with E-state index in [9.17, 15) is 0 Å².